The van der Waals surface area contributed by atoms with Gasteiger partial charge in [0.1, 0.15) is 0 Å². The van der Waals surface area contributed by atoms with Crippen LogP contribution in [0.15, 0.2) is 22.7 Å². The Balaban J connectivity index is 1.71. The van der Waals surface area contributed by atoms with Crippen LogP contribution >= 0.6 is 23.1 Å². The van der Waals surface area contributed by atoms with E-state index in [2.05, 4.69) is 21.2 Å². The Kier molecular flexibility index (Phi) is 3.47. The summed E-state index contributed by atoms with van der Waals surface area (Å²) in [5.41, 5.74) is 8.26. The zero-order valence-corrected chi connectivity index (χ0v) is 11.5. The fourth-order valence-electron chi connectivity index (χ4n) is 2.32. The summed E-state index contributed by atoms with van der Waals surface area (Å²) in [4.78, 5) is 4.55. The molecule has 1 aliphatic carbocycles. The van der Waals surface area contributed by atoms with Crippen molar-refractivity contribution < 1.29 is 0 Å². The average Bonchev–Trinajstić information content (AvgIpc) is 2.82. The fraction of sp³-hybridized carbons (Fsp3) is 0.417. The molecule has 0 amide bonds. The van der Waals surface area contributed by atoms with Crippen LogP contribution in [-0.4, -0.2) is 20.9 Å². The van der Waals surface area contributed by atoms with E-state index in [1.807, 2.05) is 12.3 Å². The van der Waals surface area contributed by atoms with E-state index in [-0.39, 0.29) is 0 Å². The molecule has 0 saturated carbocycles. The SMILES string of the molecule is Nc1nnc(SCC2CCCc3cccnc32)s1. The Morgan fingerprint density at radius 1 is 1.44 bits per heavy atom. The molecule has 0 fully saturated rings. The standard InChI is InChI=1S/C12H14N4S2/c13-11-15-16-12(18-11)17-7-9-4-1-3-8-5-2-6-14-10(8)9/h2,5-6,9H,1,3-4,7H2,(H2,13,15). The maximum Gasteiger partial charge on any atom is 0.203 e. The normalized spacial score (nSPS) is 18.6. The smallest absolute Gasteiger partial charge is 0.203 e. The molecule has 2 aromatic rings. The van der Waals surface area contributed by atoms with Crippen LogP contribution in [0.4, 0.5) is 5.13 Å². The maximum absolute atomic E-state index is 5.58. The van der Waals surface area contributed by atoms with Gasteiger partial charge in [0.2, 0.25) is 5.13 Å². The second kappa shape index (κ2) is 5.24. The molecule has 0 spiro atoms. The van der Waals surface area contributed by atoms with Crippen molar-refractivity contribution in [2.24, 2.45) is 0 Å². The average molecular weight is 278 g/mol. The molecule has 18 heavy (non-hydrogen) atoms. The molecule has 2 aromatic heterocycles. The molecule has 94 valence electrons. The van der Waals surface area contributed by atoms with Gasteiger partial charge in [0.25, 0.3) is 0 Å². The number of fused-ring (bicyclic) bond motifs is 1. The third-order valence-corrected chi connectivity index (χ3v) is 5.19. The number of anilines is 1. The summed E-state index contributed by atoms with van der Waals surface area (Å²) < 4.78 is 0.954. The lowest BCUT2D eigenvalue weighted by molar-refractivity contribution is 0.579. The van der Waals surface area contributed by atoms with Gasteiger partial charge < -0.3 is 5.73 Å². The van der Waals surface area contributed by atoms with Gasteiger partial charge in [-0.15, -0.1) is 10.2 Å². The van der Waals surface area contributed by atoms with Gasteiger partial charge in [-0.2, -0.15) is 0 Å². The Hall–Kier alpha value is -1.14. The molecule has 1 aliphatic rings. The fourth-order valence-corrected chi connectivity index (χ4v) is 4.12. The highest BCUT2D eigenvalue weighted by Crippen LogP contribution is 2.35. The largest absolute Gasteiger partial charge is 0.374 e. The molecular weight excluding hydrogens is 264 g/mol. The molecule has 3 rings (SSSR count). The third kappa shape index (κ3) is 2.49. The number of rotatable bonds is 3. The van der Waals surface area contributed by atoms with Crippen molar-refractivity contribution in [1.82, 2.24) is 15.2 Å². The number of nitrogen functional groups attached to an aromatic ring is 1. The summed E-state index contributed by atoms with van der Waals surface area (Å²) >= 11 is 3.19. The molecule has 2 heterocycles. The van der Waals surface area contributed by atoms with Gasteiger partial charge in [-0.1, -0.05) is 29.2 Å². The van der Waals surface area contributed by atoms with Gasteiger partial charge in [0.15, 0.2) is 4.34 Å². The number of hydrogen-bond donors (Lipinski definition) is 1. The van der Waals surface area contributed by atoms with E-state index < -0.39 is 0 Å². The van der Waals surface area contributed by atoms with Crippen LogP contribution in [0.2, 0.25) is 0 Å². The monoisotopic (exact) mass is 278 g/mol. The molecule has 0 aromatic carbocycles. The lowest BCUT2D eigenvalue weighted by Gasteiger charge is -2.23. The second-order valence-electron chi connectivity index (χ2n) is 4.35. The summed E-state index contributed by atoms with van der Waals surface area (Å²) in [7, 11) is 0. The quantitative estimate of drug-likeness (QED) is 0.875. The number of pyridine rings is 1. The van der Waals surface area contributed by atoms with E-state index in [1.54, 1.807) is 11.8 Å². The first-order valence-corrected chi connectivity index (χ1v) is 7.78. The van der Waals surface area contributed by atoms with Crippen LogP contribution in [0.5, 0.6) is 0 Å². The molecule has 1 atom stereocenters. The second-order valence-corrected chi connectivity index (χ2v) is 6.63. The minimum Gasteiger partial charge on any atom is -0.374 e. The lowest BCUT2D eigenvalue weighted by Crippen LogP contribution is -2.13. The molecule has 0 bridgehead atoms. The van der Waals surface area contributed by atoms with Crippen molar-refractivity contribution in [3.63, 3.8) is 0 Å². The summed E-state index contributed by atoms with van der Waals surface area (Å²) in [6.45, 7) is 0. The number of nitrogens with two attached hydrogens (primary N) is 1. The first-order chi connectivity index (χ1) is 8.83. The van der Waals surface area contributed by atoms with Crippen molar-refractivity contribution in [3.05, 3.63) is 29.6 Å². The van der Waals surface area contributed by atoms with Crippen LogP contribution in [0.1, 0.15) is 30.0 Å². The van der Waals surface area contributed by atoms with Gasteiger partial charge in [0.05, 0.1) is 0 Å². The maximum atomic E-state index is 5.58. The molecule has 4 nitrogen and oxygen atoms in total. The van der Waals surface area contributed by atoms with Gasteiger partial charge in [-0.05, 0) is 30.9 Å². The molecule has 1 unspecified atom stereocenters. The summed E-state index contributed by atoms with van der Waals surface area (Å²) in [6.07, 6.45) is 5.52. The zero-order valence-electron chi connectivity index (χ0n) is 9.87. The summed E-state index contributed by atoms with van der Waals surface area (Å²) in [5.74, 6) is 1.55. The van der Waals surface area contributed by atoms with E-state index in [1.165, 1.54) is 35.4 Å². The van der Waals surface area contributed by atoms with Gasteiger partial charge in [-0.3, -0.25) is 4.98 Å². The molecule has 2 N–H and O–H groups in total. The van der Waals surface area contributed by atoms with E-state index in [0.29, 0.717) is 11.0 Å². The van der Waals surface area contributed by atoms with Crippen LogP contribution in [0.25, 0.3) is 0 Å². The van der Waals surface area contributed by atoms with E-state index >= 15 is 0 Å². The Morgan fingerprint density at radius 3 is 3.22 bits per heavy atom. The summed E-state index contributed by atoms with van der Waals surface area (Å²) in [5, 5.41) is 8.42. The minimum absolute atomic E-state index is 0.532. The molecule has 0 aliphatic heterocycles. The minimum atomic E-state index is 0.532. The zero-order chi connectivity index (χ0) is 12.4. The van der Waals surface area contributed by atoms with E-state index in [4.69, 9.17) is 5.73 Å². The molecular formula is C12H14N4S2. The number of nitrogens with zero attached hydrogens (tertiary/aromatic N) is 3. The number of aryl methyl sites for hydroxylation is 1. The lowest BCUT2D eigenvalue weighted by atomic mass is 9.88. The molecule has 0 radical (unpaired) electrons. The van der Waals surface area contributed by atoms with Crippen molar-refractivity contribution >= 4 is 28.2 Å². The number of hydrogen-bond acceptors (Lipinski definition) is 6. The van der Waals surface area contributed by atoms with Crippen molar-refractivity contribution in [1.29, 1.82) is 0 Å². The number of thioether (sulfide) groups is 1. The Labute approximate surface area is 114 Å². The van der Waals surface area contributed by atoms with Crippen molar-refractivity contribution in [3.8, 4) is 0 Å². The highest BCUT2D eigenvalue weighted by Gasteiger charge is 2.21. The van der Waals surface area contributed by atoms with E-state index in [0.717, 1.165) is 16.5 Å². The first-order valence-electron chi connectivity index (χ1n) is 5.98. The van der Waals surface area contributed by atoms with Crippen LogP contribution < -0.4 is 5.73 Å². The third-order valence-electron chi connectivity index (χ3n) is 3.14. The Morgan fingerprint density at radius 2 is 2.39 bits per heavy atom. The van der Waals surface area contributed by atoms with Gasteiger partial charge in [0, 0.05) is 23.6 Å². The van der Waals surface area contributed by atoms with Crippen LogP contribution in [-0.2, 0) is 6.42 Å². The van der Waals surface area contributed by atoms with Crippen LogP contribution in [0.3, 0.4) is 0 Å². The van der Waals surface area contributed by atoms with Crippen molar-refractivity contribution in [2.75, 3.05) is 11.5 Å². The Bertz CT molecular complexity index is 540. The molecule has 6 heteroatoms. The number of aromatic nitrogens is 3. The predicted molar refractivity (Wildman–Crippen MR) is 75.0 cm³/mol. The highest BCUT2D eigenvalue weighted by molar-refractivity contribution is 8.01. The van der Waals surface area contributed by atoms with Gasteiger partial charge >= 0.3 is 0 Å². The summed E-state index contributed by atoms with van der Waals surface area (Å²) in [6, 6.07) is 4.22. The topological polar surface area (TPSA) is 64.7 Å². The first kappa shape index (κ1) is 11.9. The molecule has 0 saturated heterocycles. The van der Waals surface area contributed by atoms with Crippen LogP contribution in [0, 0.1) is 0 Å². The predicted octanol–water partition coefficient (Wildman–Crippen LogP) is 2.73. The highest BCUT2D eigenvalue weighted by atomic mass is 32.2. The van der Waals surface area contributed by atoms with Crippen molar-refractivity contribution in [2.45, 2.75) is 29.5 Å². The van der Waals surface area contributed by atoms with Gasteiger partial charge in [-0.25, -0.2) is 0 Å². The van der Waals surface area contributed by atoms with E-state index in [9.17, 15) is 0 Å².